The zero-order valence-electron chi connectivity index (χ0n) is 9.89. The van der Waals surface area contributed by atoms with Gasteiger partial charge in [0.15, 0.2) is 0 Å². The molecule has 0 radical (unpaired) electrons. The minimum absolute atomic E-state index is 0.0150. The topological polar surface area (TPSA) is 84.2 Å². The van der Waals surface area contributed by atoms with Crippen molar-refractivity contribution in [2.75, 3.05) is 6.54 Å². The number of nitrogens with two attached hydrogens (primary N) is 1. The second-order valence-corrected chi connectivity index (χ2v) is 4.30. The molecule has 0 aromatic carbocycles. The molecule has 0 rings (SSSR count). The third-order valence-corrected chi connectivity index (χ3v) is 2.32. The molecule has 0 saturated heterocycles. The molecule has 1 atom stereocenters. The van der Waals surface area contributed by atoms with Crippen LogP contribution in [0.5, 0.6) is 0 Å². The van der Waals surface area contributed by atoms with Crippen LogP contribution in [0, 0.1) is 0 Å². The van der Waals surface area contributed by atoms with Crippen molar-refractivity contribution in [3.63, 3.8) is 0 Å². The third kappa shape index (κ3) is 6.06. The van der Waals surface area contributed by atoms with E-state index in [9.17, 15) is 9.59 Å². The number of nitrogens with one attached hydrogen (secondary N) is 2. The fourth-order valence-electron chi connectivity index (χ4n) is 0.877. The van der Waals surface area contributed by atoms with E-state index in [1.807, 2.05) is 20.8 Å². The highest BCUT2D eigenvalue weighted by Gasteiger charge is 2.21. The number of hydrogen-bond donors (Lipinski definition) is 3. The van der Waals surface area contributed by atoms with E-state index < -0.39 is 11.9 Å². The number of hydrogen-bond acceptors (Lipinski definition) is 3. The molecule has 0 aliphatic rings. The summed E-state index contributed by atoms with van der Waals surface area (Å²) in [6.07, 6.45) is 0.848. The van der Waals surface area contributed by atoms with Crippen LogP contribution < -0.4 is 16.4 Å². The summed E-state index contributed by atoms with van der Waals surface area (Å²) >= 11 is 0. The van der Waals surface area contributed by atoms with Gasteiger partial charge in [0.2, 0.25) is 11.8 Å². The Kier molecular flexibility index (Phi) is 5.28. The van der Waals surface area contributed by atoms with E-state index in [1.54, 1.807) is 6.92 Å². The normalized spacial score (nSPS) is 13.3. The van der Waals surface area contributed by atoms with Gasteiger partial charge in [-0.15, -0.1) is 0 Å². The maximum absolute atomic E-state index is 11.6. The fraction of sp³-hybridized carbons (Fsp3) is 0.800. The Morgan fingerprint density at radius 1 is 1.40 bits per heavy atom. The van der Waals surface area contributed by atoms with Crippen molar-refractivity contribution in [2.24, 2.45) is 5.73 Å². The van der Waals surface area contributed by atoms with Crippen molar-refractivity contribution in [1.29, 1.82) is 0 Å². The maximum Gasteiger partial charge on any atom is 0.237 e. The first kappa shape index (κ1) is 13.9. The lowest BCUT2D eigenvalue weighted by Gasteiger charge is -2.26. The molecule has 5 heteroatoms. The summed E-state index contributed by atoms with van der Waals surface area (Å²) in [6, 6.07) is -0.414. The van der Waals surface area contributed by atoms with E-state index in [1.165, 1.54) is 0 Å². The second-order valence-electron chi connectivity index (χ2n) is 4.30. The van der Waals surface area contributed by atoms with Crippen LogP contribution in [0.25, 0.3) is 0 Å². The van der Waals surface area contributed by atoms with Gasteiger partial charge in [-0.05, 0) is 27.2 Å². The van der Waals surface area contributed by atoms with Crippen molar-refractivity contribution in [3.05, 3.63) is 0 Å². The summed E-state index contributed by atoms with van der Waals surface area (Å²) in [4.78, 5) is 22.1. The molecule has 1 unspecified atom stereocenters. The Bertz CT molecular complexity index is 239. The first-order valence-corrected chi connectivity index (χ1v) is 5.12. The Hall–Kier alpha value is -1.10. The van der Waals surface area contributed by atoms with E-state index in [4.69, 9.17) is 5.73 Å². The molecule has 0 aliphatic carbocycles. The first-order valence-electron chi connectivity index (χ1n) is 5.12. The van der Waals surface area contributed by atoms with Gasteiger partial charge in [0.25, 0.3) is 0 Å². The summed E-state index contributed by atoms with van der Waals surface area (Å²) in [6.45, 7) is 7.62. The van der Waals surface area contributed by atoms with Gasteiger partial charge in [-0.2, -0.15) is 0 Å². The number of carbonyl (C=O) groups excluding carboxylic acids is 2. The lowest BCUT2D eigenvalue weighted by Crippen LogP contribution is -2.51. The SMILES string of the molecule is CCC(C)(C)NC(=O)C(C)NCC(N)=O. The van der Waals surface area contributed by atoms with Crippen molar-refractivity contribution in [1.82, 2.24) is 10.6 Å². The highest BCUT2D eigenvalue weighted by atomic mass is 16.2. The van der Waals surface area contributed by atoms with Gasteiger partial charge in [0, 0.05) is 5.54 Å². The minimum atomic E-state index is -0.468. The number of rotatable bonds is 6. The predicted molar refractivity (Wildman–Crippen MR) is 59.2 cm³/mol. The molecule has 4 N–H and O–H groups in total. The molecular formula is C10H21N3O2. The van der Waals surface area contributed by atoms with Gasteiger partial charge in [0.1, 0.15) is 0 Å². The smallest absolute Gasteiger partial charge is 0.237 e. The van der Waals surface area contributed by atoms with Crippen molar-refractivity contribution < 1.29 is 9.59 Å². The van der Waals surface area contributed by atoms with Gasteiger partial charge in [-0.1, -0.05) is 6.92 Å². The first-order chi connectivity index (χ1) is 6.78. The van der Waals surface area contributed by atoms with Gasteiger partial charge in [0.05, 0.1) is 12.6 Å². The molecule has 2 amide bonds. The standard InChI is InChI=1S/C10H21N3O2/c1-5-10(3,4)13-9(15)7(2)12-6-8(11)14/h7,12H,5-6H2,1-4H3,(H2,11,14)(H,13,15). The lowest BCUT2D eigenvalue weighted by atomic mass is 10.0. The van der Waals surface area contributed by atoms with Crippen LogP contribution in [0.1, 0.15) is 34.1 Å². The highest BCUT2D eigenvalue weighted by Crippen LogP contribution is 2.06. The van der Waals surface area contributed by atoms with E-state index >= 15 is 0 Å². The largest absolute Gasteiger partial charge is 0.369 e. The Morgan fingerprint density at radius 2 is 1.93 bits per heavy atom. The molecule has 0 bridgehead atoms. The highest BCUT2D eigenvalue weighted by molar-refractivity contribution is 5.83. The quantitative estimate of drug-likeness (QED) is 0.571. The Balaban J connectivity index is 4.04. The minimum Gasteiger partial charge on any atom is -0.369 e. The summed E-state index contributed by atoms with van der Waals surface area (Å²) < 4.78 is 0. The van der Waals surface area contributed by atoms with Crippen LogP contribution in [-0.2, 0) is 9.59 Å². The van der Waals surface area contributed by atoms with Crippen LogP contribution in [0.2, 0.25) is 0 Å². The van der Waals surface area contributed by atoms with E-state index in [-0.39, 0.29) is 18.0 Å². The molecular weight excluding hydrogens is 194 g/mol. The van der Waals surface area contributed by atoms with Crippen LogP contribution in [-0.4, -0.2) is 29.9 Å². The third-order valence-electron chi connectivity index (χ3n) is 2.32. The van der Waals surface area contributed by atoms with Crippen LogP contribution in [0.15, 0.2) is 0 Å². The Morgan fingerprint density at radius 3 is 2.33 bits per heavy atom. The van der Waals surface area contributed by atoms with Crippen LogP contribution >= 0.6 is 0 Å². The second kappa shape index (κ2) is 5.70. The van der Waals surface area contributed by atoms with Crippen molar-refractivity contribution in [3.8, 4) is 0 Å². The predicted octanol–water partition coefficient (Wildman–Crippen LogP) is -0.245. The van der Waals surface area contributed by atoms with Gasteiger partial charge < -0.3 is 11.1 Å². The zero-order chi connectivity index (χ0) is 12.1. The molecule has 0 aromatic heterocycles. The van der Waals surface area contributed by atoms with E-state index in [0.29, 0.717) is 0 Å². The summed E-state index contributed by atoms with van der Waals surface area (Å²) in [5.41, 5.74) is 4.74. The van der Waals surface area contributed by atoms with E-state index in [2.05, 4.69) is 10.6 Å². The maximum atomic E-state index is 11.6. The van der Waals surface area contributed by atoms with Gasteiger partial charge in [-0.3, -0.25) is 14.9 Å². The molecule has 0 spiro atoms. The van der Waals surface area contributed by atoms with Crippen LogP contribution in [0.3, 0.4) is 0 Å². The summed E-state index contributed by atoms with van der Waals surface area (Å²) in [5.74, 6) is -0.590. The van der Waals surface area contributed by atoms with E-state index in [0.717, 1.165) is 6.42 Å². The fourth-order valence-corrected chi connectivity index (χ4v) is 0.877. The molecule has 0 fully saturated rings. The summed E-state index contributed by atoms with van der Waals surface area (Å²) in [5, 5.41) is 5.62. The molecule has 0 heterocycles. The molecule has 0 aromatic rings. The number of primary amides is 1. The Labute approximate surface area is 90.8 Å². The molecule has 15 heavy (non-hydrogen) atoms. The number of amides is 2. The average molecular weight is 215 g/mol. The molecule has 0 saturated carbocycles. The molecule has 0 aliphatic heterocycles. The number of carbonyl (C=O) groups is 2. The lowest BCUT2D eigenvalue weighted by molar-refractivity contribution is -0.124. The van der Waals surface area contributed by atoms with Crippen molar-refractivity contribution in [2.45, 2.75) is 45.7 Å². The zero-order valence-corrected chi connectivity index (χ0v) is 9.89. The van der Waals surface area contributed by atoms with Crippen LogP contribution in [0.4, 0.5) is 0 Å². The summed E-state index contributed by atoms with van der Waals surface area (Å²) in [7, 11) is 0. The molecule has 88 valence electrons. The monoisotopic (exact) mass is 215 g/mol. The molecule has 5 nitrogen and oxygen atoms in total. The van der Waals surface area contributed by atoms with Crippen molar-refractivity contribution >= 4 is 11.8 Å². The average Bonchev–Trinajstić information content (AvgIpc) is 2.13. The van der Waals surface area contributed by atoms with Gasteiger partial charge in [-0.25, -0.2) is 0 Å². The van der Waals surface area contributed by atoms with Gasteiger partial charge >= 0.3 is 0 Å².